The van der Waals surface area contributed by atoms with Crippen molar-refractivity contribution in [2.75, 3.05) is 0 Å². The monoisotopic (exact) mass is 413 g/mol. The smallest absolute Gasteiger partial charge is 0.306 e. The fourth-order valence-electron chi connectivity index (χ4n) is 3.87. The third-order valence-corrected chi connectivity index (χ3v) is 5.60. The summed E-state index contributed by atoms with van der Waals surface area (Å²) in [6, 6.07) is 7.71. The lowest BCUT2D eigenvalue weighted by molar-refractivity contribution is -0.155. The summed E-state index contributed by atoms with van der Waals surface area (Å²) in [4.78, 5) is 41.8. The van der Waals surface area contributed by atoms with Crippen LogP contribution < -0.4 is 10.9 Å². The quantitative estimate of drug-likeness (QED) is 0.638. The highest BCUT2D eigenvalue weighted by Crippen LogP contribution is 2.18. The molecule has 1 aromatic carbocycles. The van der Waals surface area contributed by atoms with E-state index >= 15 is 0 Å². The number of carbonyl (C=O) groups is 2. The molecule has 1 heterocycles. The van der Waals surface area contributed by atoms with Crippen LogP contribution in [0.1, 0.15) is 64.5 Å². The van der Waals surface area contributed by atoms with Crippen molar-refractivity contribution in [1.29, 1.82) is 0 Å². The van der Waals surface area contributed by atoms with Crippen LogP contribution in [-0.2, 0) is 27.3 Å². The predicted molar refractivity (Wildman–Crippen MR) is 115 cm³/mol. The van der Waals surface area contributed by atoms with Gasteiger partial charge in [0.15, 0.2) is 6.10 Å². The number of benzene rings is 1. The van der Waals surface area contributed by atoms with Gasteiger partial charge in [0, 0.05) is 19.0 Å². The van der Waals surface area contributed by atoms with Gasteiger partial charge in [0.25, 0.3) is 11.5 Å². The van der Waals surface area contributed by atoms with E-state index < -0.39 is 12.1 Å². The van der Waals surface area contributed by atoms with E-state index in [0.717, 1.165) is 49.6 Å². The van der Waals surface area contributed by atoms with Crippen LogP contribution in [0.4, 0.5) is 0 Å². The maximum atomic E-state index is 12.9. The van der Waals surface area contributed by atoms with Crippen LogP contribution in [0.15, 0.2) is 29.1 Å². The van der Waals surface area contributed by atoms with Gasteiger partial charge < -0.3 is 14.6 Å². The molecule has 0 unspecified atom stereocenters. The van der Waals surface area contributed by atoms with Gasteiger partial charge in [-0.15, -0.1) is 0 Å². The Morgan fingerprint density at radius 3 is 2.73 bits per heavy atom. The molecule has 3 rings (SSSR count). The van der Waals surface area contributed by atoms with Gasteiger partial charge in [0.2, 0.25) is 0 Å². The molecule has 1 aromatic heterocycles. The van der Waals surface area contributed by atoms with Crippen molar-refractivity contribution in [3.63, 3.8) is 0 Å². The molecule has 0 aliphatic heterocycles. The highest BCUT2D eigenvalue weighted by atomic mass is 16.5. The summed E-state index contributed by atoms with van der Waals surface area (Å²) in [5.74, 6) is -0.764. The van der Waals surface area contributed by atoms with Crippen molar-refractivity contribution in [2.45, 2.75) is 83.9 Å². The molecule has 162 valence electrons. The van der Waals surface area contributed by atoms with E-state index in [1.54, 1.807) is 11.5 Å². The lowest BCUT2D eigenvalue weighted by Crippen LogP contribution is -2.40. The highest BCUT2D eigenvalue weighted by Gasteiger charge is 2.23. The number of hydrogen-bond donors (Lipinski definition) is 1. The first-order valence-electron chi connectivity index (χ1n) is 11.0. The average molecular weight is 414 g/mol. The Bertz CT molecular complexity index is 947. The Hall–Kier alpha value is -2.70. The number of fused-ring (bicyclic) bond motifs is 1. The minimum atomic E-state index is -0.844. The molecule has 1 N–H and O–H groups in total. The zero-order valence-corrected chi connectivity index (χ0v) is 17.9. The summed E-state index contributed by atoms with van der Waals surface area (Å²) in [5.41, 5.74) is 1.73. The first kappa shape index (κ1) is 22.0. The number of carbonyl (C=O) groups excluding carboxylic acids is 2. The van der Waals surface area contributed by atoms with Gasteiger partial charge in [0.1, 0.15) is 5.69 Å². The molecule has 2 aromatic rings. The van der Waals surface area contributed by atoms with Crippen LogP contribution in [0.25, 0.3) is 11.0 Å². The molecule has 1 amide bonds. The second kappa shape index (κ2) is 10.4. The SMILES string of the molecule is CCCCn1c(=O)c(CCC(=O)O[C@@H](C)C(=O)NC2CCCC2)nc2ccccc21. The fourth-order valence-corrected chi connectivity index (χ4v) is 3.87. The van der Waals surface area contributed by atoms with Crippen LogP contribution in [0.3, 0.4) is 0 Å². The second-order valence-electron chi connectivity index (χ2n) is 7.98. The second-order valence-corrected chi connectivity index (χ2v) is 7.98. The molecule has 1 aliphatic carbocycles. The Kier molecular flexibility index (Phi) is 7.60. The van der Waals surface area contributed by atoms with Crippen molar-refractivity contribution >= 4 is 22.9 Å². The van der Waals surface area contributed by atoms with E-state index in [-0.39, 0.29) is 30.3 Å². The maximum Gasteiger partial charge on any atom is 0.306 e. The van der Waals surface area contributed by atoms with Gasteiger partial charge in [-0.3, -0.25) is 14.4 Å². The molecule has 0 bridgehead atoms. The number of rotatable bonds is 9. The number of nitrogens with zero attached hydrogens (tertiary/aromatic N) is 2. The van der Waals surface area contributed by atoms with Crippen molar-refractivity contribution < 1.29 is 14.3 Å². The number of hydrogen-bond acceptors (Lipinski definition) is 5. The maximum absolute atomic E-state index is 12.9. The average Bonchev–Trinajstić information content (AvgIpc) is 3.24. The Balaban J connectivity index is 1.63. The topological polar surface area (TPSA) is 90.3 Å². The Morgan fingerprint density at radius 1 is 1.27 bits per heavy atom. The van der Waals surface area contributed by atoms with E-state index in [2.05, 4.69) is 17.2 Å². The third-order valence-electron chi connectivity index (χ3n) is 5.60. The van der Waals surface area contributed by atoms with Gasteiger partial charge in [-0.1, -0.05) is 38.3 Å². The molecule has 0 radical (unpaired) electrons. The number of ether oxygens (including phenoxy) is 1. The number of unbranched alkanes of at least 4 members (excludes halogenated alkanes) is 1. The van der Waals surface area contributed by atoms with E-state index in [4.69, 9.17) is 4.74 Å². The molecule has 1 atom stereocenters. The Morgan fingerprint density at radius 2 is 2.00 bits per heavy atom. The zero-order valence-electron chi connectivity index (χ0n) is 17.9. The van der Waals surface area contributed by atoms with Crippen molar-refractivity contribution in [3.8, 4) is 0 Å². The van der Waals surface area contributed by atoms with E-state index in [0.29, 0.717) is 12.2 Å². The number of para-hydroxylation sites is 2. The summed E-state index contributed by atoms with van der Waals surface area (Å²) in [7, 11) is 0. The number of aryl methyl sites for hydroxylation is 2. The molecular formula is C23H31N3O4. The van der Waals surface area contributed by atoms with Crippen LogP contribution in [0.5, 0.6) is 0 Å². The van der Waals surface area contributed by atoms with Gasteiger partial charge in [-0.2, -0.15) is 0 Å². The first-order valence-corrected chi connectivity index (χ1v) is 11.0. The van der Waals surface area contributed by atoms with Crippen LogP contribution in [0.2, 0.25) is 0 Å². The van der Waals surface area contributed by atoms with Gasteiger partial charge in [-0.05, 0) is 38.3 Å². The lowest BCUT2D eigenvalue weighted by Gasteiger charge is -2.17. The molecular weight excluding hydrogens is 382 g/mol. The molecule has 0 spiro atoms. The van der Waals surface area contributed by atoms with Gasteiger partial charge in [-0.25, -0.2) is 4.98 Å². The summed E-state index contributed by atoms with van der Waals surface area (Å²) < 4.78 is 7.02. The lowest BCUT2D eigenvalue weighted by atomic mass is 10.2. The Labute approximate surface area is 176 Å². The normalized spacial score (nSPS) is 15.3. The van der Waals surface area contributed by atoms with Crippen molar-refractivity contribution in [3.05, 3.63) is 40.3 Å². The predicted octanol–water partition coefficient (Wildman–Crippen LogP) is 3.12. The molecule has 1 aliphatic rings. The molecule has 7 heteroatoms. The van der Waals surface area contributed by atoms with Crippen LogP contribution in [-0.4, -0.2) is 33.6 Å². The van der Waals surface area contributed by atoms with Gasteiger partial charge >= 0.3 is 5.97 Å². The van der Waals surface area contributed by atoms with E-state index in [1.165, 1.54) is 0 Å². The number of nitrogens with one attached hydrogen (secondary N) is 1. The number of amides is 1. The summed E-state index contributed by atoms with van der Waals surface area (Å²) in [6.07, 6.45) is 5.41. The molecule has 7 nitrogen and oxygen atoms in total. The largest absolute Gasteiger partial charge is 0.453 e. The zero-order chi connectivity index (χ0) is 21.5. The standard InChI is InChI=1S/C23H31N3O4/c1-3-4-15-26-20-12-8-7-11-18(20)25-19(23(26)29)13-14-21(27)30-16(2)22(28)24-17-9-5-6-10-17/h7-8,11-12,16-17H,3-6,9-10,13-15H2,1-2H3,(H,24,28)/t16-/m0/s1. The molecule has 1 fully saturated rings. The van der Waals surface area contributed by atoms with Crippen LogP contribution in [0, 0.1) is 0 Å². The molecule has 0 saturated heterocycles. The summed E-state index contributed by atoms with van der Waals surface area (Å²) in [5, 5.41) is 2.93. The van der Waals surface area contributed by atoms with E-state index in [9.17, 15) is 14.4 Å². The van der Waals surface area contributed by atoms with Gasteiger partial charge in [0.05, 0.1) is 17.5 Å². The number of esters is 1. The fraction of sp³-hybridized carbons (Fsp3) is 0.565. The number of aromatic nitrogens is 2. The highest BCUT2D eigenvalue weighted by molar-refractivity contribution is 5.83. The van der Waals surface area contributed by atoms with Crippen molar-refractivity contribution in [1.82, 2.24) is 14.9 Å². The van der Waals surface area contributed by atoms with Crippen molar-refractivity contribution in [2.24, 2.45) is 0 Å². The summed E-state index contributed by atoms with van der Waals surface area (Å²) in [6.45, 7) is 4.28. The minimum absolute atomic E-state index is 0.00933. The first-order chi connectivity index (χ1) is 14.5. The molecule has 1 saturated carbocycles. The van der Waals surface area contributed by atoms with E-state index in [1.807, 2.05) is 24.3 Å². The summed E-state index contributed by atoms with van der Waals surface area (Å²) >= 11 is 0. The minimum Gasteiger partial charge on any atom is -0.453 e. The third kappa shape index (κ3) is 5.46. The van der Waals surface area contributed by atoms with Crippen LogP contribution >= 0.6 is 0 Å². The molecule has 30 heavy (non-hydrogen) atoms.